The summed E-state index contributed by atoms with van der Waals surface area (Å²) in [5, 5.41) is 10.7. The van der Waals surface area contributed by atoms with Crippen molar-refractivity contribution in [3.8, 4) is 0 Å². The van der Waals surface area contributed by atoms with Gasteiger partial charge in [-0.05, 0) is 38.0 Å². The molecular weight excluding hydrogens is 188 g/mol. The van der Waals surface area contributed by atoms with Crippen LogP contribution >= 0.6 is 0 Å². The number of hydrogen-bond acceptors (Lipinski definition) is 2. The predicted octanol–water partition coefficient (Wildman–Crippen LogP) is 2.74. The first-order valence-corrected chi connectivity index (χ1v) is 6.44. The maximum atomic E-state index is 10.7. The zero-order valence-corrected chi connectivity index (χ0v) is 10.0. The lowest BCUT2D eigenvalue weighted by Gasteiger charge is -2.44. The molecule has 0 aromatic rings. The van der Waals surface area contributed by atoms with Gasteiger partial charge in [0.1, 0.15) is 0 Å². The van der Waals surface area contributed by atoms with E-state index in [1.165, 1.54) is 25.7 Å². The summed E-state index contributed by atoms with van der Waals surface area (Å²) >= 11 is 0. The van der Waals surface area contributed by atoms with Gasteiger partial charge in [-0.3, -0.25) is 0 Å². The zero-order chi connectivity index (χ0) is 10.9. The minimum absolute atomic E-state index is 0.239. The van der Waals surface area contributed by atoms with Crippen LogP contribution in [0, 0.1) is 11.8 Å². The van der Waals surface area contributed by atoms with Gasteiger partial charge >= 0.3 is 0 Å². The van der Waals surface area contributed by atoms with Gasteiger partial charge in [-0.2, -0.15) is 0 Å². The van der Waals surface area contributed by atoms with E-state index in [2.05, 4.69) is 13.8 Å². The van der Waals surface area contributed by atoms with Gasteiger partial charge in [0.05, 0.1) is 11.7 Å². The molecule has 1 heterocycles. The van der Waals surface area contributed by atoms with Crippen LogP contribution in [0.2, 0.25) is 0 Å². The monoisotopic (exact) mass is 212 g/mol. The minimum Gasteiger partial charge on any atom is -0.389 e. The quantitative estimate of drug-likeness (QED) is 0.724. The van der Waals surface area contributed by atoms with E-state index < -0.39 is 5.60 Å². The molecule has 1 N–H and O–H groups in total. The van der Waals surface area contributed by atoms with Crippen molar-refractivity contribution in [2.24, 2.45) is 11.8 Å². The maximum Gasteiger partial charge on any atom is 0.0722 e. The van der Waals surface area contributed by atoms with Crippen LogP contribution in [0.1, 0.15) is 52.4 Å². The molecule has 0 aromatic heterocycles. The Morgan fingerprint density at radius 1 is 1.13 bits per heavy atom. The normalized spacial score (nSPS) is 47.8. The Balaban J connectivity index is 1.95. The molecule has 2 rings (SSSR count). The largest absolute Gasteiger partial charge is 0.389 e. The first-order valence-electron chi connectivity index (χ1n) is 6.44. The second-order valence-electron chi connectivity index (χ2n) is 5.70. The van der Waals surface area contributed by atoms with Crippen LogP contribution in [0.15, 0.2) is 0 Å². The highest BCUT2D eigenvalue weighted by Crippen LogP contribution is 2.41. The third-order valence-electron chi connectivity index (χ3n) is 4.35. The van der Waals surface area contributed by atoms with E-state index in [0.717, 1.165) is 25.4 Å². The molecule has 0 aromatic carbocycles. The molecule has 15 heavy (non-hydrogen) atoms. The molecule has 0 spiro atoms. The lowest BCUT2D eigenvalue weighted by Crippen LogP contribution is -2.46. The SMILES string of the molecule is CC1CCC(C2(O)CCOC(C)C2)CC1. The van der Waals surface area contributed by atoms with Crippen LogP contribution < -0.4 is 0 Å². The van der Waals surface area contributed by atoms with Gasteiger partial charge in [-0.25, -0.2) is 0 Å². The summed E-state index contributed by atoms with van der Waals surface area (Å²) < 4.78 is 5.53. The topological polar surface area (TPSA) is 29.5 Å². The van der Waals surface area contributed by atoms with Crippen LogP contribution in [0.3, 0.4) is 0 Å². The predicted molar refractivity (Wildman–Crippen MR) is 60.7 cm³/mol. The fourth-order valence-electron chi connectivity index (χ4n) is 3.26. The third kappa shape index (κ3) is 2.54. The van der Waals surface area contributed by atoms with Crippen molar-refractivity contribution in [2.45, 2.75) is 64.1 Å². The molecule has 2 heteroatoms. The van der Waals surface area contributed by atoms with E-state index in [1.807, 2.05) is 0 Å². The van der Waals surface area contributed by atoms with Gasteiger partial charge in [0.25, 0.3) is 0 Å². The maximum absolute atomic E-state index is 10.7. The number of aliphatic hydroxyl groups is 1. The molecule has 2 unspecified atom stereocenters. The van der Waals surface area contributed by atoms with Crippen molar-refractivity contribution >= 4 is 0 Å². The highest BCUT2D eigenvalue weighted by atomic mass is 16.5. The molecule has 0 amide bonds. The molecule has 2 nitrogen and oxygen atoms in total. The second-order valence-corrected chi connectivity index (χ2v) is 5.70. The molecule has 1 aliphatic carbocycles. The van der Waals surface area contributed by atoms with Crippen LogP contribution in [0.25, 0.3) is 0 Å². The molecule has 2 atom stereocenters. The summed E-state index contributed by atoms with van der Waals surface area (Å²) in [6.45, 7) is 5.15. The zero-order valence-electron chi connectivity index (χ0n) is 10.0. The Morgan fingerprint density at radius 3 is 2.40 bits per heavy atom. The van der Waals surface area contributed by atoms with E-state index in [1.54, 1.807) is 0 Å². The van der Waals surface area contributed by atoms with Gasteiger partial charge in [0.2, 0.25) is 0 Å². The second kappa shape index (κ2) is 4.42. The Hall–Kier alpha value is -0.0800. The first kappa shape index (κ1) is 11.4. The molecule has 1 aliphatic heterocycles. The lowest BCUT2D eigenvalue weighted by molar-refractivity contribution is -0.134. The molecular formula is C13H24O2. The molecule has 0 bridgehead atoms. The van der Waals surface area contributed by atoms with E-state index >= 15 is 0 Å². The molecule has 1 saturated carbocycles. The van der Waals surface area contributed by atoms with E-state index in [4.69, 9.17) is 4.74 Å². The first-order chi connectivity index (χ1) is 7.10. The van der Waals surface area contributed by atoms with Gasteiger partial charge in [-0.15, -0.1) is 0 Å². The van der Waals surface area contributed by atoms with Crippen LogP contribution in [0.4, 0.5) is 0 Å². The summed E-state index contributed by atoms with van der Waals surface area (Å²) in [7, 11) is 0. The highest BCUT2D eigenvalue weighted by molar-refractivity contribution is 4.92. The summed E-state index contributed by atoms with van der Waals surface area (Å²) in [6.07, 6.45) is 6.94. The van der Waals surface area contributed by atoms with Crippen molar-refractivity contribution in [3.05, 3.63) is 0 Å². The average Bonchev–Trinajstić information content (AvgIpc) is 2.18. The smallest absolute Gasteiger partial charge is 0.0722 e. The van der Waals surface area contributed by atoms with Crippen molar-refractivity contribution in [1.82, 2.24) is 0 Å². The molecule has 2 aliphatic rings. The lowest BCUT2D eigenvalue weighted by atomic mass is 9.70. The van der Waals surface area contributed by atoms with Crippen LogP contribution in [-0.4, -0.2) is 23.4 Å². The number of rotatable bonds is 1. The van der Waals surface area contributed by atoms with Gasteiger partial charge in [0.15, 0.2) is 0 Å². The Kier molecular flexibility index (Phi) is 3.36. The Morgan fingerprint density at radius 2 is 1.80 bits per heavy atom. The average molecular weight is 212 g/mol. The van der Waals surface area contributed by atoms with Gasteiger partial charge in [0, 0.05) is 13.0 Å². The van der Waals surface area contributed by atoms with Crippen molar-refractivity contribution in [3.63, 3.8) is 0 Å². The fourth-order valence-corrected chi connectivity index (χ4v) is 3.26. The fraction of sp³-hybridized carbons (Fsp3) is 1.00. The van der Waals surface area contributed by atoms with Crippen molar-refractivity contribution in [1.29, 1.82) is 0 Å². The van der Waals surface area contributed by atoms with E-state index in [9.17, 15) is 5.11 Å². The van der Waals surface area contributed by atoms with Crippen molar-refractivity contribution in [2.75, 3.05) is 6.61 Å². The molecule has 88 valence electrons. The number of ether oxygens (including phenoxy) is 1. The van der Waals surface area contributed by atoms with Crippen LogP contribution in [-0.2, 0) is 4.74 Å². The summed E-state index contributed by atoms with van der Waals surface area (Å²) in [4.78, 5) is 0. The van der Waals surface area contributed by atoms with Gasteiger partial charge < -0.3 is 9.84 Å². The van der Waals surface area contributed by atoms with E-state index in [0.29, 0.717) is 5.92 Å². The molecule has 0 radical (unpaired) electrons. The Bertz CT molecular complexity index is 209. The minimum atomic E-state index is -0.419. The van der Waals surface area contributed by atoms with E-state index in [-0.39, 0.29) is 6.10 Å². The Labute approximate surface area is 93.0 Å². The van der Waals surface area contributed by atoms with Gasteiger partial charge in [-0.1, -0.05) is 19.8 Å². The third-order valence-corrected chi connectivity index (χ3v) is 4.35. The summed E-state index contributed by atoms with van der Waals surface area (Å²) in [6, 6.07) is 0. The number of hydrogen-bond donors (Lipinski definition) is 1. The molecule has 1 saturated heterocycles. The van der Waals surface area contributed by atoms with Crippen molar-refractivity contribution < 1.29 is 9.84 Å². The summed E-state index contributed by atoms with van der Waals surface area (Å²) in [5.41, 5.74) is -0.419. The molecule has 2 fully saturated rings. The highest BCUT2D eigenvalue weighted by Gasteiger charge is 2.41. The summed E-state index contributed by atoms with van der Waals surface area (Å²) in [5.74, 6) is 1.39. The standard InChI is InChI=1S/C13H24O2/c1-10-3-5-12(6-4-10)13(14)7-8-15-11(2)9-13/h10-12,14H,3-9H2,1-2H3. The van der Waals surface area contributed by atoms with Crippen LogP contribution in [0.5, 0.6) is 0 Å².